The molecule has 0 saturated carbocycles. The molecule has 1 amide bonds. The molecule has 0 aliphatic carbocycles. The van der Waals surface area contributed by atoms with Crippen molar-refractivity contribution in [1.82, 2.24) is 9.88 Å². The third-order valence-electron chi connectivity index (χ3n) is 5.27. The Hall–Kier alpha value is -3.36. The van der Waals surface area contributed by atoms with Crippen LogP contribution in [-0.2, 0) is 0 Å². The van der Waals surface area contributed by atoms with E-state index < -0.39 is 18.1 Å². The van der Waals surface area contributed by atoms with E-state index >= 15 is 0 Å². The fourth-order valence-electron chi connectivity index (χ4n) is 3.81. The lowest BCUT2D eigenvalue weighted by Gasteiger charge is -2.31. The molecule has 3 aromatic rings. The smallest absolute Gasteiger partial charge is 0.406 e. The van der Waals surface area contributed by atoms with Crippen LogP contribution >= 0.6 is 0 Å². The number of carbonyl (C=O) groups is 2. The molecule has 1 fully saturated rings. The van der Waals surface area contributed by atoms with Crippen molar-refractivity contribution >= 4 is 22.6 Å². The van der Waals surface area contributed by atoms with Crippen molar-refractivity contribution in [2.24, 2.45) is 5.92 Å². The largest absolute Gasteiger partial charge is 0.573 e. The summed E-state index contributed by atoms with van der Waals surface area (Å²) in [5.41, 5.74) is 0.943. The van der Waals surface area contributed by atoms with Crippen LogP contribution in [0.15, 0.2) is 48.5 Å². The summed E-state index contributed by atoms with van der Waals surface area (Å²) in [6, 6.07) is 10.6. The molecule has 2 aromatic carbocycles. The van der Waals surface area contributed by atoms with E-state index in [1.54, 1.807) is 11.0 Å². The standard InChI is InChI=1S/C22H18F4N2O3/c23-16-6-3-13(4-7-16)20(29)15-2-1-9-28(12-15)21(30)19-10-14-5-8-17(11-18(14)27-19)31-22(24,25)26/h3-8,10-11,15,27H,1-2,9,12H2/t15-/m1/s1. The average molecular weight is 434 g/mol. The van der Waals surface area contributed by atoms with Gasteiger partial charge in [0.15, 0.2) is 5.78 Å². The van der Waals surface area contributed by atoms with Crippen molar-refractivity contribution in [2.45, 2.75) is 19.2 Å². The molecule has 1 aliphatic heterocycles. The van der Waals surface area contributed by atoms with Gasteiger partial charge in [0, 0.05) is 41.5 Å². The second kappa shape index (κ2) is 8.05. The highest BCUT2D eigenvalue weighted by atomic mass is 19.4. The SMILES string of the molecule is O=C(c1ccc(F)cc1)[C@@H]1CCCN(C(=O)c2cc3ccc(OC(F)(F)F)cc3[nH]2)C1. The molecule has 0 bridgehead atoms. The highest BCUT2D eigenvalue weighted by molar-refractivity contribution is 6.00. The predicted octanol–water partition coefficient (Wildman–Crippen LogP) is 4.94. The first-order valence-corrected chi connectivity index (χ1v) is 9.67. The number of Topliss-reactive ketones (excluding diaryl/α,β-unsaturated/α-hetero) is 1. The van der Waals surface area contributed by atoms with Gasteiger partial charge in [-0.2, -0.15) is 0 Å². The van der Waals surface area contributed by atoms with Gasteiger partial charge in [0.05, 0.1) is 0 Å². The summed E-state index contributed by atoms with van der Waals surface area (Å²) in [4.78, 5) is 30.1. The number of hydrogen-bond donors (Lipinski definition) is 1. The number of H-pyrrole nitrogens is 1. The molecule has 4 rings (SSSR count). The lowest BCUT2D eigenvalue weighted by molar-refractivity contribution is -0.274. The number of nitrogens with one attached hydrogen (secondary N) is 1. The van der Waals surface area contributed by atoms with Gasteiger partial charge < -0.3 is 14.6 Å². The molecule has 1 aromatic heterocycles. The van der Waals surface area contributed by atoms with Gasteiger partial charge in [-0.25, -0.2) is 4.39 Å². The number of hydrogen-bond acceptors (Lipinski definition) is 3. The zero-order valence-electron chi connectivity index (χ0n) is 16.2. The number of ether oxygens (including phenoxy) is 1. The Balaban J connectivity index is 1.50. The van der Waals surface area contributed by atoms with Gasteiger partial charge in [0.2, 0.25) is 0 Å². The number of ketones is 1. The van der Waals surface area contributed by atoms with E-state index in [0.29, 0.717) is 35.9 Å². The molecule has 0 radical (unpaired) electrons. The van der Waals surface area contributed by atoms with Crippen LogP contribution in [0.2, 0.25) is 0 Å². The molecule has 1 aliphatic rings. The van der Waals surface area contributed by atoms with Gasteiger partial charge in [-0.05, 0) is 55.3 Å². The molecular weight excluding hydrogens is 416 g/mol. The Morgan fingerprint density at radius 3 is 2.52 bits per heavy atom. The van der Waals surface area contributed by atoms with Crippen LogP contribution in [0.3, 0.4) is 0 Å². The number of halogens is 4. The van der Waals surface area contributed by atoms with Crippen molar-refractivity contribution in [2.75, 3.05) is 13.1 Å². The number of nitrogens with zero attached hydrogens (tertiary/aromatic N) is 1. The number of rotatable bonds is 4. The van der Waals surface area contributed by atoms with Crippen LogP contribution in [-0.4, -0.2) is 41.0 Å². The van der Waals surface area contributed by atoms with Crippen molar-refractivity contribution in [1.29, 1.82) is 0 Å². The van der Waals surface area contributed by atoms with Crippen LogP contribution in [0, 0.1) is 11.7 Å². The quantitative estimate of drug-likeness (QED) is 0.467. The first-order valence-electron chi connectivity index (χ1n) is 9.67. The zero-order valence-corrected chi connectivity index (χ0v) is 16.2. The van der Waals surface area contributed by atoms with Gasteiger partial charge >= 0.3 is 6.36 Å². The minimum absolute atomic E-state index is 0.150. The molecule has 0 spiro atoms. The van der Waals surface area contributed by atoms with Crippen LogP contribution in [0.1, 0.15) is 33.7 Å². The zero-order chi connectivity index (χ0) is 22.2. The van der Waals surface area contributed by atoms with Crippen LogP contribution in [0.5, 0.6) is 5.75 Å². The van der Waals surface area contributed by atoms with Crippen LogP contribution in [0.4, 0.5) is 17.6 Å². The maximum absolute atomic E-state index is 13.1. The topological polar surface area (TPSA) is 62.4 Å². The van der Waals surface area contributed by atoms with Crippen LogP contribution < -0.4 is 4.74 Å². The molecule has 1 atom stereocenters. The van der Waals surface area contributed by atoms with E-state index in [9.17, 15) is 27.2 Å². The molecular formula is C22H18F4N2O3. The Morgan fingerprint density at radius 1 is 1.06 bits per heavy atom. The monoisotopic (exact) mass is 434 g/mol. The molecule has 2 heterocycles. The Morgan fingerprint density at radius 2 is 1.81 bits per heavy atom. The van der Waals surface area contributed by atoms with Gasteiger partial charge in [-0.3, -0.25) is 9.59 Å². The Bertz CT molecular complexity index is 1120. The number of likely N-dealkylation sites (tertiary alicyclic amines) is 1. The van der Waals surface area contributed by atoms with E-state index in [0.717, 1.165) is 0 Å². The van der Waals surface area contributed by atoms with E-state index in [2.05, 4.69) is 9.72 Å². The summed E-state index contributed by atoms with van der Waals surface area (Å²) >= 11 is 0. The van der Waals surface area contributed by atoms with Crippen molar-refractivity contribution < 1.29 is 31.9 Å². The molecule has 9 heteroatoms. The van der Waals surface area contributed by atoms with Crippen molar-refractivity contribution in [3.63, 3.8) is 0 Å². The second-order valence-corrected chi connectivity index (χ2v) is 7.44. The first-order chi connectivity index (χ1) is 14.7. The second-order valence-electron chi connectivity index (χ2n) is 7.44. The number of carbonyl (C=O) groups excluding carboxylic acids is 2. The fourth-order valence-corrected chi connectivity index (χ4v) is 3.81. The van der Waals surface area contributed by atoms with Crippen molar-refractivity contribution in [3.8, 4) is 5.75 Å². The third-order valence-corrected chi connectivity index (χ3v) is 5.27. The number of alkyl halides is 3. The molecule has 31 heavy (non-hydrogen) atoms. The number of fused-ring (bicyclic) bond motifs is 1. The highest BCUT2D eigenvalue weighted by Crippen LogP contribution is 2.28. The molecule has 1 saturated heterocycles. The molecule has 162 valence electrons. The number of aromatic nitrogens is 1. The summed E-state index contributed by atoms with van der Waals surface area (Å²) < 4.78 is 54.3. The lowest BCUT2D eigenvalue weighted by Crippen LogP contribution is -2.42. The lowest BCUT2D eigenvalue weighted by atomic mass is 9.90. The number of aromatic amines is 1. The van der Waals surface area contributed by atoms with Gasteiger partial charge in [-0.15, -0.1) is 13.2 Å². The predicted molar refractivity (Wildman–Crippen MR) is 104 cm³/mol. The minimum Gasteiger partial charge on any atom is -0.406 e. The summed E-state index contributed by atoms with van der Waals surface area (Å²) in [6.45, 7) is 0.677. The summed E-state index contributed by atoms with van der Waals surface area (Å²) in [6.07, 6.45) is -3.56. The van der Waals surface area contributed by atoms with E-state index in [-0.39, 0.29) is 29.7 Å². The van der Waals surface area contributed by atoms with E-state index in [1.165, 1.54) is 42.5 Å². The normalized spacial score (nSPS) is 17.0. The van der Waals surface area contributed by atoms with E-state index in [1.807, 2.05) is 0 Å². The summed E-state index contributed by atoms with van der Waals surface area (Å²) in [5.74, 6) is -1.71. The third kappa shape index (κ3) is 4.70. The molecule has 1 N–H and O–H groups in total. The van der Waals surface area contributed by atoms with Crippen molar-refractivity contribution in [3.05, 3.63) is 65.6 Å². The summed E-state index contributed by atoms with van der Waals surface area (Å²) in [7, 11) is 0. The van der Waals surface area contributed by atoms with Gasteiger partial charge in [0.1, 0.15) is 17.3 Å². The maximum atomic E-state index is 13.1. The Labute approximate surface area is 174 Å². The summed E-state index contributed by atoms with van der Waals surface area (Å²) in [5, 5.41) is 0.564. The van der Waals surface area contributed by atoms with E-state index in [4.69, 9.17) is 0 Å². The Kier molecular flexibility index (Phi) is 5.43. The maximum Gasteiger partial charge on any atom is 0.573 e. The van der Waals surface area contributed by atoms with Gasteiger partial charge in [-0.1, -0.05) is 0 Å². The fraction of sp³-hybridized carbons (Fsp3) is 0.273. The first kappa shape index (κ1) is 20.9. The minimum atomic E-state index is -4.81. The number of piperidine rings is 1. The van der Waals surface area contributed by atoms with Crippen LogP contribution in [0.25, 0.3) is 10.9 Å². The highest BCUT2D eigenvalue weighted by Gasteiger charge is 2.32. The average Bonchev–Trinajstić information content (AvgIpc) is 3.15. The molecule has 0 unspecified atom stereocenters. The molecule has 5 nitrogen and oxygen atoms in total. The number of benzene rings is 2. The number of amides is 1. The van der Waals surface area contributed by atoms with Gasteiger partial charge in [0.25, 0.3) is 5.91 Å².